The Bertz CT molecular complexity index is 1320. The first-order valence-electron chi connectivity index (χ1n) is 13.3. The molecule has 0 radical (unpaired) electrons. The van der Waals surface area contributed by atoms with Gasteiger partial charge >= 0.3 is 0 Å². The van der Waals surface area contributed by atoms with Crippen LogP contribution in [-0.4, -0.2) is 44.9 Å². The van der Waals surface area contributed by atoms with Crippen LogP contribution in [0, 0.1) is 18.8 Å². The summed E-state index contributed by atoms with van der Waals surface area (Å²) in [6.07, 6.45) is 8.20. The highest BCUT2D eigenvalue weighted by atomic mass is 35.5. The van der Waals surface area contributed by atoms with Gasteiger partial charge in [0.2, 0.25) is 0 Å². The molecule has 0 unspecified atom stereocenters. The molecular weight excluding hydrogens is 498 g/mol. The molecule has 1 amide bonds. The molecule has 0 saturated heterocycles. The van der Waals surface area contributed by atoms with E-state index in [0.717, 1.165) is 36.9 Å². The summed E-state index contributed by atoms with van der Waals surface area (Å²) in [6, 6.07) is 14.0. The number of carbonyl (C=O) groups is 3. The van der Waals surface area contributed by atoms with Gasteiger partial charge in [-0.2, -0.15) is 0 Å². The number of pyridine rings is 2. The number of carbonyl (C=O) groups excluding carboxylic acids is 3. The summed E-state index contributed by atoms with van der Waals surface area (Å²) >= 11 is 6.21. The van der Waals surface area contributed by atoms with Gasteiger partial charge in [-0.15, -0.1) is 0 Å². The van der Waals surface area contributed by atoms with Gasteiger partial charge in [-0.25, -0.2) is 0 Å². The molecule has 0 N–H and O–H groups in total. The Morgan fingerprint density at radius 3 is 2.50 bits per heavy atom. The number of ketones is 2. The molecular formula is C31H32ClN3O3. The van der Waals surface area contributed by atoms with Crippen LogP contribution in [0.2, 0.25) is 5.02 Å². The minimum absolute atomic E-state index is 0.00917. The van der Waals surface area contributed by atoms with Crippen molar-refractivity contribution in [2.75, 3.05) is 6.54 Å². The van der Waals surface area contributed by atoms with E-state index in [1.54, 1.807) is 41.6 Å². The summed E-state index contributed by atoms with van der Waals surface area (Å²) in [6.45, 7) is 2.48. The number of hydrogen-bond acceptors (Lipinski definition) is 5. The van der Waals surface area contributed by atoms with Crippen LogP contribution in [0.5, 0.6) is 0 Å². The number of Topliss-reactive ketones (excluding diaryl/α,β-unsaturated/α-hetero) is 2. The second kappa shape index (κ2) is 11.6. The fourth-order valence-corrected chi connectivity index (χ4v) is 5.93. The standard InChI is InChI=1S/C31H32ClN3O3/c1-20-5-12-27(34-18-20)29(36)14-21-6-8-22(9-7-21)19-35-28(17-25-4-2-3-13-33-25)30(37)16-23-15-24(32)10-11-26(23)31(35)38/h2-5,10-13,15,18,21-22,28H,6-9,14,16-17,19H2,1H3/t21?,22?,28-/m1/s1. The van der Waals surface area contributed by atoms with Gasteiger partial charge in [0, 0.05) is 54.5 Å². The summed E-state index contributed by atoms with van der Waals surface area (Å²) in [7, 11) is 0. The highest BCUT2D eigenvalue weighted by Crippen LogP contribution is 2.34. The van der Waals surface area contributed by atoms with E-state index in [1.807, 2.05) is 31.2 Å². The number of hydrogen-bond donors (Lipinski definition) is 0. The number of benzene rings is 1. The first-order chi connectivity index (χ1) is 18.4. The smallest absolute Gasteiger partial charge is 0.254 e. The van der Waals surface area contributed by atoms with Crippen LogP contribution >= 0.6 is 11.6 Å². The Labute approximate surface area is 228 Å². The SMILES string of the molecule is Cc1ccc(C(=O)CC2CCC(CN3C(=O)c4ccc(Cl)cc4CC(=O)[C@H]3Cc3ccccn3)CC2)nc1. The zero-order valence-corrected chi connectivity index (χ0v) is 22.4. The largest absolute Gasteiger partial charge is 0.328 e. The Morgan fingerprint density at radius 2 is 1.79 bits per heavy atom. The second-order valence-electron chi connectivity index (χ2n) is 10.7. The van der Waals surface area contributed by atoms with Crippen molar-refractivity contribution in [1.82, 2.24) is 14.9 Å². The van der Waals surface area contributed by atoms with E-state index in [2.05, 4.69) is 9.97 Å². The monoisotopic (exact) mass is 529 g/mol. The highest BCUT2D eigenvalue weighted by molar-refractivity contribution is 6.30. The molecule has 38 heavy (non-hydrogen) atoms. The van der Waals surface area contributed by atoms with E-state index in [4.69, 9.17) is 11.6 Å². The lowest BCUT2D eigenvalue weighted by molar-refractivity contribution is -0.122. The molecule has 3 heterocycles. The third-order valence-corrected chi connectivity index (χ3v) is 8.13. The number of aromatic nitrogens is 2. The van der Waals surface area contributed by atoms with Crippen molar-refractivity contribution < 1.29 is 14.4 Å². The van der Waals surface area contributed by atoms with Crippen LogP contribution < -0.4 is 0 Å². The molecule has 2 aromatic heterocycles. The lowest BCUT2D eigenvalue weighted by Gasteiger charge is -2.35. The normalized spacial score (nSPS) is 21.6. The molecule has 3 aromatic rings. The second-order valence-corrected chi connectivity index (χ2v) is 11.1. The summed E-state index contributed by atoms with van der Waals surface area (Å²) in [4.78, 5) is 50.6. The Hall–Kier alpha value is -3.38. The lowest BCUT2D eigenvalue weighted by Crippen LogP contribution is -2.48. The Balaban J connectivity index is 1.29. The number of nitrogens with zero attached hydrogens (tertiary/aromatic N) is 3. The Morgan fingerprint density at radius 1 is 1.00 bits per heavy atom. The number of fused-ring (bicyclic) bond motifs is 1. The predicted octanol–water partition coefficient (Wildman–Crippen LogP) is 5.70. The lowest BCUT2D eigenvalue weighted by atomic mass is 9.79. The van der Waals surface area contributed by atoms with Crippen LogP contribution in [0.3, 0.4) is 0 Å². The summed E-state index contributed by atoms with van der Waals surface area (Å²) in [5, 5.41) is 0.521. The summed E-state index contributed by atoms with van der Waals surface area (Å²) in [5.74, 6) is 0.569. The third kappa shape index (κ3) is 6.02. The fourth-order valence-electron chi connectivity index (χ4n) is 5.74. The zero-order valence-electron chi connectivity index (χ0n) is 21.6. The molecule has 0 bridgehead atoms. The maximum Gasteiger partial charge on any atom is 0.254 e. The number of amides is 1. The van der Waals surface area contributed by atoms with Gasteiger partial charge in [0.25, 0.3) is 5.91 Å². The number of aryl methyl sites for hydroxylation is 1. The topological polar surface area (TPSA) is 80.2 Å². The summed E-state index contributed by atoms with van der Waals surface area (Å²) < 4.78 is 0. The molecule has 5 rings (SSSR count). The minimum Gasteiger partial charge on any atom is -0.328 e. The van der Waals surface area contributed by atoms with Crippen molar-refractivity contribution in [3.63, 3.8) is 0 Å². The molecule has 1 fully saturated rings. The van der Waals surface area contributed by atoms with E-state index >= 15 is 0 Å². The van der Waals surface area contributed by atoms with Gasteiger partial charge in [0.05, 0.1) is 6.04 Å². The van der Waals surface area contributed by atoms with Crippen molar-refractivity contribution in [2.45, 2.75) is 57.9 Å². The van der Waals surface area contributed by atoms with E-state index < -0.39 is 6.04 Å². The van der Waals surface area contributed by atoms with Gasteiger partial charge in [-0.3, -0.25) is 24.4 Å². The maximum atomic E-state index is 13.8. The quantitative estimate of drug-likeness (QED) is 0.367. The van der Waals surface area contributed by atoms with Crippen molar-refractivity contribution in [3.05, 3.63) is 94.0 Å². The number of rotatable bonds is 7. The van der Waals surface area contributed by atoms with Crippen molar-refractivity contribution in [3.8, 4) is 0 Å². The van der Waals surface area contributed by atoms with E-state index in [1.165, 1.54) is 0 Å². The first-order valence-corrected chi connectivity index (χ1v) is 13.7. The molecule has 196 valence electrons. The zero-order chi connectivity index (χ0) is 26.6. The van der Waals surface area contributed by atoms with Crippen molar-refractivity contribution in [1.29, 1.82) is 0 Å². The summed E-state index contributed by atoms with van der Waals surface area (Å²) in [5.41, 5.74) is 3.60. The molecule has 1 aliphatic heterocycles. The van der Waals surface area contributed by atoms with Crippen molar-refractivity contribution in [2.24, 2.45) is 11.8 Å². The van der Waals surface area contributed by atoms with E-state index in [9.17, 15) is 14.4 Å². The highest BCUT2D eigenvalue weighted by Gasteiger charge is 2.37. The van der Waals surface area contributed by atoms with Gasteiger partial charge in [-0.05, 0) is 92.0 Å². The third-order valence-electron chi connectivity index (χ3n) is 7.89. The van der Waals surface area contributed by atoms with Crippen LogP contribution in [0.25, 0.3) is 0 Å². The predicted molar refractivity (Wildman–Crippen MR) is 146 cm³/mol. The molecule has 1 aliphatic carbocycles. The van der Waals surface area contributed by atoms with Crippen molar-refractivity contribution >= 4 is 29.1 Å². The van der Waals surface area contributed by atoms with E-state index in [0.29, 0.717) is 47.1 Å². The molecule has 6 nitrogen and oxygen atoms in total. The average Bonchev–Trinajstić information content (AvgIpc) is 3.00. The first kappa shape index (κ1) is 26.2. The average molecular weight is 530 g/mol. The molecule has 7 heteroatoms. The van der Waals surface area contributed by atoms with Crippen LogP contribution in [0.1, 0.15) is 69.8 Å². The van der Waals surface area contributed by atoms with Gasteiger partial charge in [0.15, 0.2) is 11.6 Å². The van der Waals surface area contributed by atoms with Gasteiger partial charge in [0.1, 0.15) is 5.69 Å². The minimum atomic E-state index is -0.574. The molecule has 1 atom stereocenters. The fraction of sp³-hybridized carbons (Fsp3) is 0.387. The molecule has 2 aliphatic rings. The van der Waals surface area contributed by atoms with Crippen LogP contribution in [0.4, 0.5) is 0 Å². The Kier molecular flexibility index (Phi) is 7.98. The van der Waals surface area contributed by atoms with Crippen LogP contribution in [-0.2, 0) is 17.6 Å². The van der Waals surface area contributed by atoms with E-state index in [-0.39, 0.29) is 29.8 Å². The maximum absolute atomic E-state index is 13.8. The molecule has 0 spiro atoms. The van der Waals surface area contributed by atoms with Crippen LogP contribution in [0.15, 0.2) is 60.9 Å². The van der Waals surface area contributed by atoms with Gasteiger partial charge in [-0.1, -0.05) is 23.7 Å². The molecule has 1 aromatic carbocycles. The van der Waals surface area contributed by atoms with Gasteiger partial charge < -0.3 is 4.90 Å². The number of halogens is 1. The molecule has 1 saturated carbocycles.